The molecule has 5 heteroatoms. The van der Waals surface area contributed by atoms with Crippen LogP contribution < -0.4 is 0 Å². The molecule has 3 fully saturated rings. The Kier molecular flexibility index (Phi) is 3.13. The zero-order valence-electron chi connectivity index (χ0n) is 13.7. The lowest BCUT2D eigenvalue weighted by Gasteiger charge is -2.30. The summed E-state index contributed by atoms with van der Waals surface area (Å²) in [7, 11) is 6.18. The van der Waals surface area contributed by atoms with Crippen molar-refractivity contribution in [3.63, 3.8) is 0 Å². The molecular formula is C17H25N3O2. The molecule has 0 radical (unpaired) electrons. The molecule has 0 saturated carbocycles. The molecule has 0 unspecified atom stereocenters. The Balaban J connectivity index is 1.56. The van der Waals surface area contributed by atoms with Gasteiger partial charge in [-0.15, -0.1) is 0 Å². The average molecular weight is 303 g/mol. The van der Waals surface area contributed by atoms with Crippen LogP contribution in [0.25, 0.3) is 0 Å². The largest absolute Gasteiger partial charge is 0.369 e. The Hall–Kier alpha value is -1.33. The van der Waals surface area contributed by atoms with Crippen LogP contribution in [0.3, 0.4) is 0 Å². The first kappa shape index (κ1) is 14.3. The first-order valence-corrected chi connectivity index (χ1v) is 8.23. The first-order chi connectivity index (χ1) is 10.5. The molecule has 1 aromatic heterocycles. The van der Waals surface area contributed by atoms with E-state index in [0.29, 0.717) is 17.9 Å². The van der Waals surface area contributed by atoms with Crippen LogP contribution in [0.2, 0.25) is 0 Å². The standard InChI is InChI=1S/C17H25N3O2/c1-18(2)9-12-13-10-20(11-17(13)7-6-15(12)22-17)16(21)14-5-4-8-19(14)3/h4-5,8,12-13,15H,6-7,9-11H2,1-3H3/t12-,13+,15+,17+/m1/s1. The molecule has 0 aromatic carbocycles. The van der Waals surface area contributed by atoms with Crippen molar-refractivity contribution < 1.29 is 9.53 Å². The van der Waals surface area contributed by atoms with Gasteiger partial charge in [-0.05, 0) is 39.1 Å². The maximum Gasteiger partial charge on any atom is 0.270 e. The van der Waals surface area contributed by atoms with Gasteiger partial charge in [0.2, 0.25) is 0 Å². The molecule has 0 N–H and O–H groups in total. The number of ether oxygens (including phenoxy) is 1. The van der Waals surface area contributed by atoms with E-state index in [1.54, 1.807) is 0 Å². The first-order valence-electron chi connectivity index (χ1n) is 8.23. The summed E-state index contributed by atoms with van der Waals surface area (Å²) >= 11 is 0. The maximum atomic E-state index is 12.8. The molecule has 3 saturated heterocycles. The minimum absolute atomic E-state index is 0.0633. The zero-order valence-corrected chi connectivity index (χ0v) is 13.7. The van der Waals surface area contributed by atoms with Crippen molar-refractivity contribution in [2.75, 3.05) is 33.7 Å². The molecule has 3 aliphatic rings. The van der Waals surface area contributed by atoms with Crippen molar-refractivity contribution in [2.24, 2.45) is 18.9 Å². The summed E-state index contributed by atoms with van der Waals surface area (Å²) < 4.78 is 8.30. The molecule has 5 nitrogen and oxygen atoms in total. The number of nitrogens with zero attached hydrogens (tertiary/aromatic N) is 3. The van der Waals surface area contributed by atoms with Crippen LogP contribution in [0.15, 0.2) is 18.3 Å². The second-order valence-corrected chi connectivity index (χ2v) is 7.48. The van der Waals surface area contributed by atoms with E-state index in [2.05, 4.69) is 19.0 Å². The highest BCUT2D eigenvalue weighted by Crippen LogP contribution is 2.55. The number of carbonyl (C=O) groups is 1. The van der Waals surface area contributed by atoms with Crippen LogP contribution in [0.4, 0.5) is 0 Å². The fourth-order valence-electron chi connectivity index (χ4n) is 4.86. The number of rotatable bonds is 3. The van der Waals surface area contributed by atoms with E-state index >= 15 is 0 Å². The Labute approximate surface area is 131 Å². The highest BCUT2D eigenvalue weighted by atomic mass is 16.5. The molecule has 4 rings (SSSR count). The van der Waals surface area contributed by atoms with Gasteiger partial charge < -0.3 is 19.1 Å². The van der Waals surface area contributed by atoms with E-state index in [1.807, 2.05) is 34.8 Å². The normalized spacial score (nSPS) is 36.4. The number of carbonyl (C=O) groups excluding carboxylic acids is 1. The highest BCUT2D eigenvalue weighted by Gasteiger charge is 2.63. The van der Waals surface area contributed by atoms with E-state index < -0.39 is 0 Å². The molecule has 4 atom stereocenters. The molecule has 1 spiro atoms. The smallest absolute Gasteiger partial charge is 0.270 e. The summed E-state index contributed by atoms with van der Waals surface area (Å²) in [5.41, 5.74) is 0.710. The molecule has 1 amide bonds. The van der Waals surface area contributed by atoms with Gasteiger partial charge in [-0.3, -0.25) is 4.79 Å². The topological polar surface area (TPSA) is 37.7 Å². The summed E-state index contributed by atoms with van der Waals surface area (Å²) in [6, 6.07) is 3.84. The quantitative estimate of drug-likeness (QED) is 0.842. The van der Waals surface area contributed by atoms with E-state index in [-0.39, 0.29) is 11.5 Å². The van der Waals surface area contributed by atoms with Crippen LogP contribution in [-0.2, 0) is 11.8 Å². The van der Waals surface area contributed by atoms with Crippen molar-refractivity contribution in [3.05, 3.63) is 24.0 Å². The van der Waals surface area contributed by atoms with E-state index in [4.69, 9.17) is 4.74 Å². The lowest BCUT2D eigenvalue weighted by Crippen LogP contribution is -2.40. The van der Waals surface area contributed by atoms with Crippen molar-refractivity contribution in [2.45, 2.75) is 24.5 Å². The summed E-state index contributed by atoms with van der Waals surface area (Å²) in [5, 5.41) is 0. The Bertz CT molecular complexity index is 596. The highest BCUT2D eigenvalue weighted by molar-refractivity contribution is 5.93. The summed E-state index contributed by atoms with van der Waals surface area (Å²) in [6.07, 6.45) is 4.60. The molecule has 120 valence electrons. The minimum Gasteiger partial charge on any atom is -0.369 e. The number of amides is 1. The monoisotopic (exact) mass is 303 g/mol. The summed E-state index contributed by atoms with van der Waals surface area (Å²) in [5.74, 6) is 1.21. The summed E-state index contributed by atoms with van der Waals surface area (Å²) in [4.78, 5) is 17.1. The third-order valence-corrected chi connectivity index (χ3v) is 5.81. The predicted octanol–water partition coefficient (Wildman–Crippen LogP) is 1.21. The summed E-state index contributed by atoms with van der Waals surface area (Å²) in [6.45, 7) is 2.67. The van der Waals surface area contributed by atoms with Crippen molar-refractivity contribution in [1.29, 1.82) is 0 Å². The van der Waals surface area contributed by atoms with Gasteiger partial charge in [-0.2, -0.15) is 0 Å². The van der Waals surface area contributed by atoms with Crippen molar-refractivity contribution >= 4 is 5.91 Å². The Morgan fingerprint density at radius 2 is 2.32 bits per heavy atom. The van der Waals surface area contributed by atoms with Crippen LogP contribution in [0, 0.1) is 11.8 Å². The number of fused-ring (bicyclic) bond motifs is 1. The third kappa shape index (κ3) is 1.95. The predicted molar refractivity (Wildman–Crippen MR) is 83.7 cm³/mol. The van der Waals surface area contributed by atoms with Gasteiger partial charge >= 0.3 is 0 Å². The van der Waals surface area contributed by atoms with Gasteiger partial charge in [-0.1, -0.05) is 0 Å². The second-order valence-electron chi connectivity index (χ2n) is 7.48. The van der Waals surface area contributed by atoms with Gasteiger partial charge in [0.05, 0.1) is 18.2 Å². The molecule has 22 heavy (non-hydrogen) atoms. The number of hydrogen-bond donors (Lipinski definition) is 0. The number of hydrogen-bond acceptors (Lipinski definition) is 3. The SMILES string of the molecule is CN(C)C[C@H]1[C@@H]2CC[C@@]3(CN(C(=O)c4cccn4C)C[C@@H]13)O2. The van der Waals surface area contributed by atoms with Crippen molar-refractivity contribution in [3.8, 4) is 0 Å². The molecule has 3 aliphatic heterocycles. The lowest BCUT2D eigenvalue weighted by molar-refractivity contribution is 0.00246. The van der Waals surface area contributed by atoms with Crippen LogP contribution in [-0.4, -0.2) is 65.7 Å². The van der Waals surface area contributed by atoms with Gasteiger partial charge in [0.25, 0.3) is 5.91 Å². The van der Waals surface area contributed by atoms with Gasteiger partial charge in [0.1, 0.15) is 5.69 Å². The molecule has 4 heterocycles. The average Bonchev–Trinajstić information content (AvgIpc) is 3.18. The van der Waals surface area contributed by atoms with Gasteiger partial charge in [0.15, 0.2) is 0 Å². The van der Waals surface area contributed by atoms with E-state index in [1.165, 1.54) is 0 Å². The molecule has 1 aromatic rings. The second kappa shape index (κ2) is 4.83. The zero-order chi connectivity index (χ0) is 15.5. The Morgan fingerprint density at radius 3 is 3.00 bits per heavy atom. The van der Waals surface area contributed by atoms with Crippen LogP contribution in [0.1, 0.15) is 23.3 Å². The molecule has 2 bridgehead atoms. The van der Waals surface area contributed by atoms with Crippen LogP contribution >= 0.6 is 0 Å². The lowest BCUT2D eigenvalue weighted by atomic mass is 9.73. The van der Waals surface area contributed by atoms with Gasteiger partial charge in [0, 0.05) is 38.2 Å². The maximum absolute atomic E-state index is 12.8. The fraction of sp³-hybridized carbons (Fsp3) is 0.706. The van der Waals surface area contributed by atoms with Gasteiger partial charge in [-0.25, -0.2) is 0 Å². The Morgan fingerprint density at radius 1 is 1.50 bits per heavy atom. The van der Waals surface area contributed by atoms with E-state index in [9.17, 15) is 4.79 Å². The number of likely N-dealkylation sites (tertiary alicyclic amines) is 1. The fourth-order valence-corrected chi connectivity index (χ4v) is 4.86. The van der Waals surface area contributed by atoms with E-state index in [0.717, 1.165) is 38.2 Å². The molecule has 0 aliphatic carbocycles. The minimum atomic E-state index is -0.0633. The number of aryl methyl sites for hydroxylation is 1. The number of aromatic nitrogens is 1. The van der Waals surface area contributed by atoms with Crippen LogP contribution in [0.5, 0.6) is 0 Å². The molecular weight excluding hydrogens is 278 g/mol. The van der Waals surface area contributed by atoms with Crippen molar-refractivity contribution in [1.82, 2.24) is 14.4 Å². The third-order valence-electron chi connectivity index (χ3n) is 5.81.